The molecule has 1 aromatic carbocycles. The summed E-state index contributed by atoms with van der Waals surface area (Å²) in [6.45, 7) is 0.305. The SMILES string of the molecule is NC(=S)C(Cn1nc2cnccn2c1=O)c1ccccc1. The second kappa shape index (κ2) is 5.45. The van der Waals surface area contributed by atoms with Crippen LogP contribution in [0.5, 0.6) is 0 Å². The van der Waals surface area contributed by atoms with Gasteiger partial charge in [-0.3, -0.25) is 4.98 Å². The Balaban J connectivity index is 2.01. The first-order valence-corrected chi connectivity index (χ1v) is 6.81. The average molecular weight is 299 g/mol. The van der Waals surface area contributed by atoms with E-state index < -0.39 is 0 Å². The molecule has 0 amide bonds. The molecule has 2 aromatic heterocycles. The van der Waals surface area contributed by atoms with Crippen molar-refractivity contribution in [3.8, 4) is 0 Å². The van der Waals surface area contributed by atoms with E-state index >= 15 is 0 Å². The van der Waals surface area contributed by atoms with Crippen LogP contribution in [0.3, 0.4) is 0 Å². The van der Waals surface area contributed by atoms with Crippen molar-refractivity contribution in [3.63, 3.8) is 0 Å². The molecule has 0 saturated carbocycles. The molecule has 0 spiro atoms. The lowest BCUT2D eigenvalue weighted by molar-refractivity contribution is 0.570. The van der Waals surface area contributed by atoms with Crippen molar-refractivity contribution in [1.82, 2.24) is 19.2 Å². The predicted octanol–water partition coefficient (Wildman–Crippen LogP) is 0.961. The molecular weight excluding hydrogens is 286 g/mol. The molecule has 0 aliphatic heterocycles. The minimum absolute atomic E-state index is 0.232. The molecule has 3 rings (SSSR count). The normalized spacial score (nSPS) is 12.4. The van der Waals surface area contributed by atoms with Gasteiger partial charge >= 0.3 is 5.69 Å². The number of aromatic nitrogens is 4. The molecule has 0 radical (unpaired) electrons. The van der Waals surface area contributed by atoms with Gasteiger partial charge < -0.3 is 5.73 Å². The van der Waals surface area contributed by atoms with E-state index in [4.69, 9.17) is 18.0 Å². The van der Waals surface area contributed by atoms with Gasteiger partial charge in [0.05, 0.1) is 23.6 Å². The van der Waals surface area contributed by atoms with Crippen molar-refractivity contribution in [2.24, 2.45) is 5.73 Å². The fourth-order valence-electron chi connectivity index (χ4n) is 2.22. The van der Waals surface area contributed by atoms with Crippen LogP contribution in [0.15, 0.2) is 53.7 Å². The van der Waals surface area contributed by atoms with E-state index in [9.17, 15) is 4.79 Å². The van der Waals surface area contributed by atoms with Gasteiger partial charge in [0.2, 0.25) is 0 Å². The van der Waals surface area contributed by atoms with Gasteiger partial charge in [-0.25, -0.2) is 13.9 Å². The first-order valence-electron chi connectivity index (χ1n) is 6.40. The first kappa shape index (κ1) is 13.4. The zero-order valence-electron chi connectivity index (χ0n) is 11.1. The molecule has 1 atom stereocenters. The number of nitrogens with two attached hydrogens (primary N) is 1. The van der Waals surface area contributed by atoms with Gasteiger partial charge in [0.15, 0.2) is 5.65 Å². The fraction of sp³-hybridized carbons (Fsp3) is 0.143. The van der Waals surface area contributed by atoms with E-state index in [0.717, 1.165) is 5.56 Å². The standard InChI is InChI=1S/C14H13N5OS/c15-13(21)11(10-4-2-1-3-5-10)9-19-14(20)18-7-6-16-8-12(18)17-19/h1-8,11H,9H2,(H2,15,21). The monoisotopic (exact) mass is 299 g/mol. The average Bonchev–Trinajstić information content (AvgIpc) is 2.82. The lowest BCUT2D eigenvalue weighted by Gasteiger charge is -2.15. The minimum atomic E-state index is -0.239. The third kappa shape index (κ3) is 2.55. The minimum Gasteiger partial charge on any atom is -0.393 e. The Labute approximate surface area is 125 Å². The smallest absolute Gasteiger partial charge is 0.350 e. The van der Waals surface area contributed by atoms with Gasteiger partial charge in [0, 0.05) is 12.4 Å². The third-order valence-electron chi connectivity index (χ3n) is 3.29. The molecule has 7 heteroatoms. The number of fused-ring (bicyclic) bond motifs is 1. The highest BCUT2D eigenvalue weighted by molar-refractivity contribution is 7.80. The highest BCUT2D eigenvalue weighted by Gasteiger charge is 2.18. The Bertz CT molecular complexity index is 839. The van der Waals surface area contributed by atoms with Gasteiger partial charge in [-0.15, -0.1) is 5.10 Å². The Kier molecular flexibility index (Phi) is 3.49. The van der Waals surface area contributed by atoms with Crippen LogP contribution in [0.4, 0.5) is 0 Å². The van der Waals surface area contributed by atoms with Gasteiger partial charge in [0.25, 0.3) is 0 Å². The van der Waals surface area contributed by atoms with Gasteiger partial charge in [-0.2, -0.15) is 0 Å². The van der Waals surface area contributed by atoms with Gasteiger partial charge in [-0.05, 0) is 5.56 Å². The molecule has 3 aromatic rings. The Morgan fingerprint density at radius 1 is 1.33 bits per heavy atom. The maximum atomic E-state index is 12.3. The second-order valence-corrected chi connectivity index (χ2v) is 5.11. The molecule has 2 heterocycles. The van der Waals surface area contributed by atoms with E-state index in [1.54, 1.807) is 12.4 Å². The molecule has 0 aliphatic carbocycles. The maximum Gasteiger partial charge on any atom is 0.350 e. The zero-order valence-corrected chi connectivity index (χ0v) is 11.9. The van der Waals surface area contributed by atoms with Crippen LogP contribution in [0, 0.1) is 0 Å². The van der Waals surface area contributed by atoms with Crippen molar-refractivity contribution in [2.45, 2.75) is 12.5 Å². The molecule has 6 nitrogen and oxygen atoms in total. The lowest BCUT2D eigenvalue weighted by atomic mass is 9.99. The summed E-state index contributed by atoms with van der Waals surface area (Å²) in [6.07, 6.45) is 4.66. The van der Waals surface area contributed by atoms with Crippen LogP contribution in [-0.4, -0.2) is 24.2 Å². The van der Waals surface area contributed by atoms with Crippen LogP contribution in [0.2, 0.25) is 0 Å². The molecule has 106 valence electrons. The number of hydrogen-bond donors (Lipinski definition) is 1. The Morgan fingerprint density at radius 3 is 2.76 bits per heavy atom. The molecule has 21 heavy (non-hydrogen) atoms. The van der Waals surface area contributed by atoms with Crippen molar-refractivity contribution in [1.29, 1.82) is 0 Å². The molecule has 2 N–H and O–H groups in total. The summed E-state index contributed by atoms with van der Waals surface area (Å²) in [7, 11) is 0. The summed E-state index contributed by atoms with van der Waals surface area (Å²) in [4.78, 5) is 16.6. The Hall–Kier alpha value is -2.54. The molecule has 0 aliphatic rings. The third-order valence-corrected chi connectivity index (χ3v) is 3.57. The van der Waals surface area contributed by atoms with Crippen LogP contribution in [0.25, 0.3) is 5.65 Å². The summed E-state index contributed by atoms with van der Waals surface area (Å²) < 4.78 is 2.81. The predicted molar refractivity (Wildman–Crippen MR) is 83.2 cm³/mol. The van der Waals surface area contributed by atoms with Crippen molar-refractivity contribution in [2.75, 3.05) is 0 Å². The van der Waals surface area contributed by atoms with Crippen LogP contribution < -0.4 is 11.4 Å². The van der Waals surface area contributed by atoms with E-state index in [1.807, 2.05) is 30.3 Å². The van der Waals surface area contributed by atoms with Crippen molar-refractivity contribution < 1.29 is 0 Å². The lowest BCUT2D eigenvalue weighted by Crippen LogP contribution is -2.29. The number of thiocarbonyl (C=S) groups is 1. The van der Waals surface area contributed by atoms with E-state index in [2.05, 4.69) is 10.1 Å². The summed E-state index contributed by atoms with van der Waals surface area (Å²) >= 11 is 5.14. The molecule has 0 fully saturated rings. The van der Waals surface area contributed by atoms with Crippen molar-refractivity contribution >= 4 is 22.9 Å². The van der Waals surface area contributed by atoms with E-state index in [-0.39, 0.29) is 11.6 Å². The molecule has 1 unspecified atom stereocenters. The quantitative estimate of drug-likeness (QED) is 0.726. The van der Waals surface area contributed by atoms with Gasteiger partial charge in [0.1, 0.15) is 0 Å². The fourth-order valence-corrected chi connectivity index (χ4v) is 2.43. The topological polar surface area (TPSA) is 78.2 Å². The number of nitrogens with zero attached hydrogens (tertiary/aromatic N) is 4. The van der Waals surface area contributed by atoms with Crippen molar-refractivity contribution in [3.05, 3.63) is 65.0 Å². The summed E-state index contributed by atoms with van der Waals surface area (Å²) in [5, 5.41) is 4.25. The number of rotatable bonds is 4. The van der Waals surface area contributed by atoms with Crippen LogP contribution in [0.1, 0.15) is 11.5 Å². The number of benzene rings is 1. The van der Waals surface area contributed by atoms with E-state index in [0.29, 0.717) is 17.2 Å². The molecular formula is C14H13N5OS. The van der Waals surface area contributed by atoms with Crippen LogP contribution in [-0.2, 0) is 6.54 Å². The Morgan fingerprint density at radius 2 is 2.10 bits per heavy atom. The second-order valence-electron chi connectivity index (χ2n) is 4.63. The maximum absolute atomic E-state index is 12.3. The van der Waals surface area contributed by atoms with Crippen LogP contribution >= 0.6 is 12.2 Å². The largest absolute Gasteiger partial charge is 0.393 e. The summed E-state index contributed by atoms with van der Waals surface area (Å²) in [5.74, 6) is -0.239. The highest BCUT2D eigenvalue weighted by atomic mass is 32.1. The molecule has 0 saturated heterocycles. The summed E-state index contributed by atoms with van der Waals surface area (Å²) in [6, 6.07) is 9.62. The van der Waals surface area contributed by atoms with E-state index in [1.165, 1.54) is 15.3 Å². The van der Waals surface area contributed by atoms with Gasteiger partial charge in [-0.1, -0.05) is 42.5 Å². The molecule has 0 bridgehead atoms. The summed E-state index contributed by atoms with van der Waals surface area (Å²) in [5.41, 5.74) is 7.06. The number of hydrogen-bond acceptors (Lipinski definition) is 4. The first-order chi connectivity index (χ1) is 10.2. The zero-order chi connectivity index (χ0) is 14.8. The highest BCUT2D eigenvalue weighted by Crippen LogP contribution is 2.17.